The molecule has 0 unspecified atom stereocenters. The summed E-state index contributed by atoms with van der Waals surface area (Å²) in [5.41, 5.74) is 1.63. The van der Waals surface area contributed by atoms with Crippen LogP contribution in [0.25, 0.3) is 0 Å². The van der Waals surface area contributed by atoms with E-state index in [9.17, 15) is 4.79 Å². The molecule has 0 saturated carbocycles. The lowest BCUT2D eigenvalue weighted by atomic mass is 10.0. The van der Waals surface area contributed by atoms with Crippen LogP contribution in [0.4, 0.5) is 0 Å². The summed E-state index contributed by atoms with van der Waals surface area (Å²) < 4.78 is 13.0. The molecule has 1 atom stereocenters. The van der Waals surface area contributed by atoms with Crippen molar-refractivity contribution in [3.05, 3.63) is 75.8 Å². The minimum atomic E-state index is -0.410. The summed E-state index contributed by atoms with van der Waals surface area (Å²) in [5.74, 6) is 1.64. The van der Waals surface area contributed by atoms with E-state index in [0.717, 1.165) is 17.0 Å². The molecule has 6 nitrogen and oxygen atoms in total. The lowest BCUT2D eigenvalue weighted by molar-refractivity contribution is -0.121. The summed E-state index contributed by atoms with van der Waals surface area (Å²) in [6, 6.07) is 10.4. The van der Waals surface area contributed by atoms with E-state index >= 15 is 0 Å². The minimum Gasteiger partial charge on any atom is -0.486 e. The fraction of sp³-hybridized carbons (Fsp3) is 0.238. The molecule has 4 rings (SSSR count). The highest BCUT2D eigenvalue weighted by Crippen LogP contribution is 2.38. The molecule has 0 bridgehead atoms. The maximum Gasteiger partial charge on any atom is 0.225 e. The summed E-state index contributed by atoms with van der Waals surface area (Å²) in [6.45, 7) is 0.912. The van der Waals surface area contributed by atoms with Gasteiger partial charge >= 0.3 is 0 Å². The quantitative estimate of drug-likeness (QED) is 0.663. The second kappa shape index (κ2) is 8.35. The number of hydrogen-bond acceptors (Lipinski definition) is 4. The Hall–Kier alpha value is -2.70. The fourth-order valence-electron chi connectivity index (χ4n) is 3.27. The Labute approximate surface area is 178 Å². The Morgan fingerprint density at radius 1 is 1.21 bits per heavy atom. The Kier molecular flexibility index (Phi) is 5.65. The number of ether oxygens (including phenoxy) is 2. The molecule has 1 aliphatic heterocycles. The van der Waals surface area contributed by atoms with Gasteiger partial charge in [-0.25, -0.2) is 4.98 Å². The van der Waals surface area contributed by atoms with Crippen LogP contribution in [-0.2, 0) is 18.3 Å². The van der Waals surface area contributed by atoms with Crippen molar-refractivity contribution in [2.75, 3.05) is 13.2 Å². The van der Waals surface area contributed by atoms with Crippen LogP contribution in [0.1, 0.15) is 23.0 Å². The van der Waals surface area contributed by atoms with Crippen molar-refractivity contribution in [3.63, 3.8) is 0 Å². The molecule has 3 aromatic rings. The number of rotatable bonds is 5. The maximum absolute atomic E-state index is 12.9. The van der Waals surface area contributed by atoms with Gasteiger partial charge < -0.3 is 19.4 Å². The lowest BCUT2D eigenvalue weighted by Crippen LogP contribution is -2.32. The monoisotopic (exact) mass is 431 g/mol. The van der Waals surface area contributed by atoms with Gasteiger partial charge in [0.25, 0.3) is 0 Å². The van der Waals surface area contributed by atoms with E-state index in [1.165, 1.54) is 0 Å². The Bertz CT molecular complexity index is 1030. The Morgan fingerprint density at radius 2 is 1.97 bits per heavy atom. The van der Waals surface area contributed by atoms with E-state index in [4.69, 9.17) is 32.7 Å². The molecule has 0 aliphatic carbocycles. The zero-order valence-electron chi connectivity index (χ0n) is 15.7. The number of carbonyl (C=O) groups excluding carboxylic acids is 1. The number of aromatic nitrogens is 2. The summed E-state index contributed by atoms with van der Waals surface area (Å²) in [6.07, 6.45) is 3.68. The maximum atomic E-state index is 12.9. The predicted molar refractivity (Wildman–Crippen MR) is 111 cm³/mol. The average molecular weight is 432 g/mol. The third-order valence-electron chi connectivity index (χ3n) is 4.65. The number of imidazole rings is 1. The standard InChI is InChI=1S/C21H19Cl2N3O3/c1-26-7-6-24-21(26)19(14-2-4-15(22)5-3-14)25-18(27)12-13-10-16(23)20-17(11-13)28-8-9-29-20/h2-7,10-11,19H,8-9,12H2,1H3,(H,25,27)/t19-/m1/s1. The first-order chi connectivity index (χ1) is 14.0. The molecule has 0 spiro atoms. The first kappa shape index (κ1) is 19.6. The van der Waals surface area contributed by atoms with Crippen LogP contribution in [0.5, 0.6) is 11.5 Å². The largest absolute Gasteiger partial charge is 0.486 e. The van der Waals surface area contributed by atoms with Crippen LogP contribution in [0.3, 0.4) is 0 Å². The smallest absolute Gasteiger partial charge is 0.225 e. The van der Waals surface area contributed by atoms with E-state index < -0.39 is 6.04 Å². The SMILES string of the molecule is Cn1ccnc1[C@H](NC(=O)Cc1cc(Cl)c2c(c1)OCCO2)c1ccc(Cl)cc1. The number of benzene rings is 2. The van der Waals surface area contributed by atoms with Crippen molar-refractivity contribution >= 4 is 29.1 Å². The second-order valence-corrected chi connectivity index (χ2v) is 7.57. The molecule has 2 aromatic carbocycles. The van der Waals surface area contributed by atoms with Crippen LogP contribution in [0.15, 0.2) is 48.8 Å². The van der Waals surface area contributed by atoms with Crippen molar-refractivity contribution in [2.45, 2.75) is 12.5 Å². The van der Waals surface area contributed by atoms with Crippen molar-refractivity contribution in [3.8, 4) is 11.5 Å². The van der Waals surface area contributed by atoms with Gasteiger partial charge in [-0.15, -0.1) is 0 Å². The van der Waals surface area contributed by atoms with Gasteiger partial charge in [-0.05, 0) is 35.4 Å². The number of amides is 1. The molecule has 1 amide bonds. The van der Waals surface area contributed by atoms with E-state index in [1.807, 2.05) is 29.9 Å². The third kappa shape index (κ3) is 4.33. The molecule has 1 N–H and O–H groups in total. The summed E-state index contributed by atoms with van der Waals surface area (Å²) >= 11 is 12.3. The predicted octanol–water partition coefficient (Wildman–Crippen LogP) is 3.95. The van der Waals surface area contributed by atoms with Crippen LogP contribution in [0, 0.1) is 0 Å². The van der Waals surface area contributed by atoms with E-state index in [0.29, 0.717) is 34.8 Å². The molecule has 150 valence electrons. The summed E-state index contributed by atoms with van der Waals surface area (Å²) in [7, 11) is 1.89. The third-order valence-corrected chi connectivity index (χ3v) is 5.18. The summed E-state index contributed by atoms with van der Waals surface area (Å²) in [4.78, 5) is 17.3. The Morgan fingerprint density at radius 3 is 2.69 bits per heavy atom. The lowest BCUT2D eigenvalue weighted by Gasteiger charge is -2.21. The molecule has 0 fully saturated rings. The average Bonchev–Trinajstić information content (AvgIpc) is 3.12. The van der Waals surface area contributed by atoms with Crippen molar-refractivity contribution in [1.29, 1.82) is 0 Å². The van der Waals surface area contributed by atoms with Gasteiger partial charge in [0, 0.05) is 24.5 Å². The van der Waals surface area contributed by atoms with Crippen LogP contribution >= 0.6 is 23.2 Å². The van der Waals surface area contributed by atoms with Crippen molar-refractivity contribution in [2.24, 2.45) is 7.05 Å². The summed E-state index contributed by atoms with van der Waals surface area (Å²) in [5, 5.41) is 4.13. The van der Waals surface area contributed by atoms with E-state index in [-0.39, 0.29) is 12.3 Å². The number of hydrogen-bond donors (Lipinski definition) is 1. The number of carbonyl (C=O) groups is 1. The van der Waals surface area contributed by atoms with Crippen molar-refractivity contribution < 1.29 is 14.3 Å². The highest BCUT2D eigenvalue weighted by atomic mass is 35.5. The number of nitrogens with one attached hydrogen (secondary N) is 1. The van der Waals surface area contributed by atoms with Crippen LogP contribution in [-0.4, -0.2) is 28.7 Å². The molecule has 2 heterocycles. The topological polar surface area (TPSA) is 65.4 Å². The van der Waals surface area contributed by atoms with Gasteiger partial charge in [0.2, 0.25) is 5.91 Å². The normalized spacial score (nSPS) is 13.8. The second-order valence-electron chi connectivity index (χ2n) is 6.73. The van der Waals surface area contributed by atoms with Gasteiger partial charge in [0.1, 0.15) is 25.1 Å². The molecule has 8 heteroatoms. The molecule has 29 heavy (non-hydrogen) atoms. The molecular formula is C21H19Cl2N3O3. The highest BCUT2D eigenvalue weighted by molar-refractivity contribution is 6.32. The highest BCUT2D eigenvalue weighted by Gasteiger charge is 2.22. The molecular weight excluding hydrogens is 413 g/mol. The first-order valence-electron chi connectivity index (χ1n) is 9.11. The molecule has 0 saturated heterocycles. The fourth-order valence-corrected chi connectivity index (χ4v) is 3.69. The number of fused-ring (bicyclic) bond motifs is 1. The number of halogens is 2. The first-order valence-corrected chi connectivity index (χ1v) is 9.87. The zero-order chi connectivity index (χ0) is 20.4. The van der Waals surface area contributed by atoms with Crippen LogP contribution in [0.2, 0.25) is 10.0 Å². The number of nitrogens with zero attached hydrogens (tertiary/aromatic N) is 2. The molecule has 0 radical (unpaired) electrons. The van der Waals surface area contributed by atoms with Gasteiger partial charge in [0.15, 0.2) is 11.5 Å². The Balaban J connectivity index is 1.56. The van der Waals surface area contributed by atoms with Gasteiger partial charge in [-0.1, -0.05) is 35.3 Å². The van der Waals surface area contributed by atoms with E-state index in [2.05, 4.69) is 10.3 Å². The van der Waals surface area contributed by atoms with Gasteiger partial charge in [-0.3, -0.25) is 4.79 Å². The van der Waals surface area contributed by atoms with Crippen LogP contribution < -0.4 is 14.8 Å². The van der Waals surface area contributed by atoms with E-state index in [1.54, 1.807) is 30.5 Å². The minimum absolute atomic E-state index is 0.144. The molecule has 1 aromatic heterocycles. The van der Waals surface area contributed by atoms with Gasteiger partial charge in [-0.2, -0.15) is 0 Å². The molecule has 1 aliphatic rings. The van der Waals surface area contributed by atoms with Gasteiger partial charge in [0.05, 0.1) is 11.4 Å². The van der Waals surface area contributed by atoms with Crippen molar-refractivity contribution in [1.82, 2.24) is 14.9 Å². The number of aryl methyl sites for hydroxylation is 1. The zero-order valence-corrected chi connectivity index (χ0v) is 17.2.